The molecule has 0 unspecified atom stereocenters. The molecule has 1 rings (SSSR count). The molecule has 0 aromatic carbocycles. The smallest absolute Gasteiger partial charge is 0.0167 e. The standard InChI is InChI=1S/C12H17/c1-2-4-6-8-10-12-11-9-7-5-3-1/h1-3,6,8-9,11H,4-5,7,10,12H2/b2-1-,8-6-,11-9-. The van der Waals surface area contributed by atoms with Gasteiger partial charge in [0.05, 0.1) is 0 Å². The van der Waals surface area contributed by atoms with Crippen LogP contribution in [0.25, 0.3) is 0 Å². The van der Waals surface area contributed by atoms with E-state index in [1.54, 1.807) is 0 Å². The highest BCUT2D eigenvalue weighted by Crippen LogP contribution is 2.02. The zero-order valence-electron chi connectivity index (χ0n) is 7.58. The van der Waals surface area contributed by atoms with E-state index in [0.29, 0.717) is 0 Å². The van der Waals surface area contributed by atoms with Crippen molar-refractivity contribution in [2.24, 2.45) is 0 Å². The quantitative estimate of drug-likeness (QED) is 0.474. The summed E-state index contributed by atoms with van der Waals surface area (Å²) in [5.41, 5.74) is 0. The summed E-state index contributed by atoms with van der Waals surface area (Å²) < 4.78 is 0. The van der Waals surface area contributed by atoms with E-state index in [9.17, 15) is 0 Å². The Morgan fingerprint density at radius 1 is 0.583 bits per heavy atom. The van der Waals surface area contributed by atoms with Crippen LogP contribution in [0.3, 0.4) is 0 Å². The van der Waals surface area contributed by atoms with Crippen molar-refractivity contribution in [2.75, 3.05) is 0 Å². The predicted octanol–water partition coefficient (Wildman–Crippen LogP) is 3.82. The molecule has 12 heavy (non-hydrogen) atoms. The van der Waals surface area contributed by atoms with Crippen molar-refractivity contribution in [1.29, 1.82) is 0 Å². The summed E-state index contributed by atoms with van der Waals surface area (Å²) in [5.74, 6) is 0. The molecule has 0 fully saturated rings. The van der Waals surface area contributed by atoms with E-state index in [4.69, 9.17) is 0 Å². The molecule has 1 radical (unpaired) electrons. The zero-order chi connectivity index (χ0) is 8.49. The van der Waals surface area contributed by atoms with E-state index >= 15 is 0 Å². The second-order valence-electron chi connectivity index (χ2n) is 3.00. The lowest BCUT2D eigenvalue weighted by Gasteiger charge is -1.92. The maximum Gasteiger partial charge on any atom is -0.0167 e. The number of allylic oxidation sites excluding steroid dienone is 6. The molecule has 0 amide bonds. The Morgan fingerprint density at radius 3 is 2.08 bits per heavy atom. The maximum absolute atomic E-state index is 2.28. The van der Waals surface area contributed by atoms with Gasteiger partial charge in [-0.1, -0.05) is 36.5 Å². The summed E-state index contributed by atoms with van der Waals surface area (Å²) in [6.45, 7) is 0. The minimum absolute atomic E-state index is 1.08. The number of hydrogen-bond donors (Lipinski definition) is 0. The first-order chi connectivity index (χ1) is 6.00. The monoisotopic (exact) mass is 161 g/mol. The largest absolute Gasteiger partial charge is 0.0885 e. The average Bonchev–Trinajstić information content (AvgIpc) is 2.05. The third-order valence-electron chi connectivity index (χ3n) is 1.88. The van der Waals surface area contributed by atoms with Gasteiger partial charge in [0.15, 0.2) is 0 Å². The number of rotatable bonds is 0. The fourth-order valence-corrected chi connectivity index (χ4v) is 1.18. The highest BCUT2D eigenvalue weighted by atomic mass is 13.9. The second-order valence-corrected chi connectivity index (χ2v) is 3.00. The van der Waals surface area contributed by atoms with E-state index in [1.165, 1.54) is 25.7 Å². The van der Waals surface area contributed by atoms with E-state index in [2.05, 4.69) is 42.9 Å². The van der Waals surface area contributed by atoms with Crippen molar-refractivity contribution in [3.63, 3.8) is 0 Å². The van der Waals surface area contributed by atoms with Crippen LogP contribution >= 0.6 is 0 Å². The minimum atomic E-state index is 1.08. The molecule has 1 aliphatic carbocycles. The molecule has 0 atom stereocenters. The molecular formula is C12H17. The van der Waals surface area contributed by atoms with Crippen LogP contribution in [-0.4, -0.2) is 0 Å². The van der Waals surface area contributed by atoms with Crippen molar-refractivity contribution in [1.82, 2.24) is 0 Å². The summed E-state index contributed by atoms with van der Waals surface area (Å²) in [5, 5.41) is 0. The van der Waals surface area contributed by atoms with E-state index in [0.717, 1.165) is 6.42 Å². The van der Waals surface area contributed by atoms with Crippen molar-refractivity contribution < 1.29 is 0 Å². The molecule has 0 spiro atoms. The van der Waals surface area contributed by atoms with Gasteiger partial charge in [0.2, 0.25) is 0 Å². The lowest BCUT2D eigenvalue weighted by Crippen LogP contribution is -1.73. The Morgan fingerprint density at radius 2 is 1.25 bits per heavy atom. The van der Waals surface area contributed by atoms with Gasteiger partial charge in [-0.25, -0.2) is 0 Å². The molecule has 0 N–H and O–H groups in total. The van der Waals surface area contributed by atoms with E-state index < -0.39 is 0 Å². The first-order valence-corrected chi connectivity index (χ1v) is 4.78. The normalized spacial score (nSPS) is 28.0. The molecule has 0 heteroatoms. The van der Waals surface area contributed by atoms with Gasteiger partial charge in [-0.2, -0.15) is 0 Å². The summed E-state index contributed by atoms with van der Waals surface area (Å²) in [4.78, 5) is 0. The van der Waals surface area contributed by atoms with Crippen molar-refractivity contribution >= 4 is 0 Å². The van der Waals surface area contributed by atoms with Gasteiger partial charge < -0.3 is 0 Å². The second kappa shape index (κ2) is 6.90. The van der Waals surface area contributed by atoms with Gasteiger partial charge in [-0.05, 0) is 38.5 Å². The first kappa shape index (κ1) is 9.31. The molecule has 0 saturated carbocycles. The molecule has 0 saturated heterocycles. The maximum atomic E-state index is 2.28. The fourth-order valence-electron chi connectivity index (χ4n) is 1.18. The van der Waals surface area contributed by atoms with Crippen molar-refractivity contribution in [3.05, 3.63) is 42.9 Å². The Balaban J connectivity index is 2.30. The molecular weight excluding hydrogens is 144 g/mol. The Kier molecular flexibility index (Phi) is 5.35. The van der Waals surface area contributed by atoms with E-state index in [1.807, 2.05) is 0 Å². The molecule has 0 aromatic rings. The molecule has 65 valence electrons. The van der Waals surface area contributed by atoms with Gasteiger partial charge >= 0.3 is 0 Å². The van der Waals surface area contributed by atoms with Crippen molar-refractivity contribution in [2.45, 2.75) is 32.1 Å². The van der Waals surface area contributed by atoms with Crippen LogP contribution in [0.15, 0.2) is 36.5 Å². The third kappa shape index (κ3) is 4.95. The highest BCUT2D eigenvalue weighted by Gasteiger charge is 1.83. The Labute approximate surface area is 75.7 Å². The Hall–Kier alpha value is -0.780. The van der Waals surface area contributed by atoms with E-state index in [-0.39, 0.29) is 0 Å². The first-order valence-electron chi connectivity index (χ1n) is 4.78. The van der Waals surface area contributed by atoms with Crippen LogP contribution in [-0.2, 0) is 0 Å². The summed E-state index contributed by atoms with van der Waals surface area (Å²) >= 11 is 0. The fraction of sp³-hybridized carbons (Fsp3) is 0.417. The molecule has 0 nitrogen and oxygen atoms in total. The summed E-state index contributed by atoms with van der Waals surface area (Å²) in [6.07, 6.45) is 21.5. The molecule has 0 aromatic heterocycles. The topological polar surface area (TPSA) is 0 Å². The van der Waals surface area contributed by atoms with Crippen LogP contribution in [0.4, 0.5) is 0 Å². The van der Waals surface area contributed by atoms with Gasteiger partial charge in [0, 0.05) is 0 Å². The van der Waals surface area contributed by atoms with Crippen molar-refractivity contribution in [3.8, 4) is 0 Å². The lowest BCUT2D eigenvalue weighted by atomic mass is 10.1. The molecule has 0 bridgehead atoms. The molecule has 0 aliphatic heterocycles. The van der Waals surface area contributed by atoms with Gasteiger partial charge in [-0.15, -0.1) is 0 Å². The van der Waals surface area contributed by atoms with Crippen LogP contribution in [0.5, 0.6) is 0 Å². The highest BCUT2D eigenvalue weighted by molar-refractivity contribution is 5.01. The molecule has 1 aliphatic rings. The van der Waals surface area contributed by atoms with Crippen LogP contribution < -0.4 is 0 Å². The summed E-state index contributed by atoms with van der Waals surface area (Å²) in [6, 6.07) is 0. The SMILES string of the molecule is [CH]1/C=C\C/C=C\CC/C=C\CC1. The lowest BCUT2D eigenvalue weighted by molar-refractivity contribution is 0.971. The third-order valence-corrected chi connectivity index (χ3v) is 1.88. The van der Waals surface area contributed by atoms with Crippen LogP contribution in [0.1, 0.15) is 32.1 Å². The summed E-state index contributed by atoms with van der Waals surface area (Å²) in [7, 11) is 0. The van der Waals surface area contributed by atoms with Crippen LogP contribution in [0.2, 0.25) is 0 Å². The minimum Gasteiger partial charge on any atom is -0.0885 e. The van der Waals surface area contributed by atoms with Gasteiger partial charge in [0.1, 0.15) is 0 Å². The Bertz CT molecular complexity index is 172. The predicted molar refractivity (Wildman–Crippen MR) is 54.8 cm³/mol. The van der Waals surface area contributed by atoms with Crippen LogP contribution in [0, 0.1) is 6.42 Å². The number of hydrogen-bond acceptors (Lipinski definition) is 0. The zero-order valence-corrected chi connectivity index (χ0v) is 7.58. The van der Waals surface area contributed by atoms with Gasteiger partial charge in [0.25, 0.3) is 0 Å². The van der Waals surface area contributed by atoms with Gasteiger partial charge in [-0.3, -0.25) is 0 Å². The molecule has 0 heterocycles. The average molecular weight is 161 g/mol.